The van der Waals surface area contributed by atoms with Crippen LogP contribution >= 0.6 is 0 Å². The Morgan fingerprint density at radius 1 is 1.25 bits per heavy atom. The Morgan fingerprint density at radius 2 is 1.97 bits per heavy atom. The Balaban J connectivity index is 1.67. The summed E-state index contributed by atoms with van der Waals surface area (Å²) >= 11 is 0. The van der Waals surface area contributed by atoms with E-state index in [-0.39, 0.29) is 24.9 Å². The molecule has 7 nitrogen and oxygen atoms in total. The maximum absolute atomic E-state index is 12.8. The van der Waals surface area contributed by atoms with Crippen LogP contribution < -0.4 is 19.1 Å². The molecule has 0 radical (unpaired) electrons. The summed E-state index contributed by atoms with van der Waals surface area (Å²) in [6, 6.07) is 12.7. The second-order valence-electron chi connectivity index (χ2n) is 8.81. The molecule has 0 fully saturated rings. The summed E-state index contributed by atoms with van der Waals surface area (Å²) in [5, 5.41) is 3.10. The van der Waals surface area contributed by atoms with Crippen molar-refractivity contribution in [3.05, 3.63) is 53.6 Å². The lowest BCUT2D eigenvalue weighted by atomic mass is 9.89. The lowest BCUT2D eigenvalue weighted by molar-refractivity contribution is -0.122. The number of carbonyl (C=O) groups is 1. The highest BCUT2D eigenvalue weighted by Gasteiger charge is 2.34. The molecule has 0 saturated heterocycles. The van der Waals surface area contributed by atoms with Crippen molar-refractivity contribution in [2.45, 2.75) is 51.7 Å². The van der Waals surface area contributed by atoms with Crippen LogP contribution in [0.2, 0.25) is 0 Å². The van der Waals surface area contributed by atoms with Crippen LogP contribution in [0.4, 0.5) is 5.69 Å². The van der Waals surface area contributed by atoms with Crippen LogP contribution in [-0.2, 0) is 14.8 Å². The second kappa shape index (κ2) is 9.40. The number of hydrogen-bond donors (Lipinski definition) is 1. The second-order valence-corrected chi connectivity index (χ2v) is 10.7. The summed E-state index contributed by atoms with van der Waals surface area (Å²) in [6.45, 7) is 6.09. The van der Waals surface area contributed by atoms with Crippen molar-refractivity contribution in [1.29, 1.82) is 0 Å². The van der Waals surface area contributed by atoms with Crippen LogP contribution in [-0.4, -0.2) is 39.8 Å². The fourth-order valence-corrected chi connectivity index (χ4v) is 5.07. The van der Waals surface area contributed by atoms with E-state index >= 15 is 0 Å². The third kappa shape index (κ3) is 5.73. The number of sulfonamides is 1. The maximum Gasteiger partial charge on any atom is 0.232 e. The highest BCUT2D eigenvalue weighted by Crippen LogP contribution is 2.41. The van der Waals surface area contributed by atoms with Gasteiger partial charge in [0, 0.05) is 24.9 Å². The van der Waals surface area contributed by atoms with Gasteiger partial charge in [-0.25, -0.2) is 8.42 Å². The van der Waals surface area contributed by atoms with Gasteiger partial charge in [0.05, 0.1) is 25.1 Å². The third-order valence-electron chi connectivity index (χ3n) is 5.56. The van der Waals surface area contributed by atoms with Crippen LogP contribution in [0.3, 0.4) is 0 Å². The van der Waals surface area contributed by atoms with Crippen molar-refractivity contribution in [3.8, 4) is 11.5 Å². The molecule has 1 N–H and O–H groups in total. The van der Waals surface area contributed by atoms with Gasteiger partial charge in [-0.2, -0.15) is 0 Å². The molecule has 1 amide bonds. The zero-order chi connectivity index (χ0) is 23.5. The van der Waals surface area contributed by atoms with Crippen molar-refractivity contribution in [1.82, 2.24) is 5.32 Å². The molecule has 3 rings (SSSR count). The van der Waals surface area contributed by atoms with Gasteiger partial charge < -0.3 is 14.8 Å². The van der Waals surface area contributed by atoms with Crippen molar-refractivity contribution in [2.75, 3.05) is 24.2 Å². The molecule has 8 heteroatoms. The van der Waals surface area contributed by atoms with Gasteiger partial charge in [0.2, 0.25) is 15.9 Å². The maximum atomic E-state index is 12.8. The Bertz CT molecular complexity index is 1080. The minimum Gasteiger partial charge on any atom is -0.497 e. The summed E-state index contributed by atoms with van der Waals surface area (Å²) in [4.78, 5) is 12.8. The van der Waals surface area contributed by atoms with Crippen LogP contribution in [0, 0.1) is 6.92 Å². The van der Waals surface area contributed by atoms with E-state index in [2.05, 4.69) is 5.32 Å². The molecule has 0 spiro atoms. The molecule has 32 heavy (non-hydrogen) atoms. The number of hydrogen-bond acceptors (Lipinski definition) is 5. The number of ether oxygens (including phenoxy) is 2. The highest BCUT2D eigenvalue weighted by molar-refractivity contribution is 7.92. The van der Waals surface area contributed by atoms with Crippen molar-refractivity contribution in [2.24, 2.45) is 0 Å². The molecule has 1 atom stereocenters. The number of para-hydroxylation sites is 1. The van der Waals surface area contributed by atoms with Gasteiger partial charge in [-0.3, -0.25) is 9.10 Å². The average molecular weight is 461 g/mol. The SMILES string of the molecule is COc1ccc2c(c1)[C@H](NC(=O)CCCN(c1ccccc1C)S(C)(=O)=O)CC(C)(C)O2. The van der Waals surface area contributed by atoms with Crippen LogP contribution in [0.5, 0.6) is 11.5 Å². The Labute approximate surface area is 190 Å². The zero-order valence-corrected chi connectivity index (χ0v) is 20.2. The molecule has 1 aliphatic rings. The summed E-state index contributed by atoms with van der Waals surface area (Å²) in [5.41, 5.74) is 1.98. The van der Waals surface area contributed by atoms with Gasteiger partial charge in [-0.15, -0.1) is 0 Å². The smallest absolute Gasteiger partial charge is 0.232 e. The minimum atomic E-state index is -3.46. The van der Waals surface area contributed by atoms with Crippen molar-refractivity contribution < 1.29 is 22.7 Å². The molecule has 0 aliphatic carbocycles. The number of fused-ring (bicyclic) bond motifs is 1. The first-order valence-corrected chi connectivity index (χ1v) is 12.5. The fourth-order valence-electron chi connectivity index (χ4n) is 4.05. The Kier molecular flexibility index (Phi) is 7.03. The lowest BCUT2D eigenvalue weighted by Gasteiger charge is -2.38. The van der Waals surface area contributed by atoms with E-state index in [4.69, 9.17) is 9.47 Å². The van der Waals surface area contributed by atoms with E-state index in [9.17, 15) is 13.2 Å². The first kappa shape index (κ1) is 23.9. The van der Waals surface area contributed by atoms with Gasteiger partial charge in [-0.05, 0) is 57.0 Å². The first-order chi connectivity index (χ1) is 15.0. The number of nitrogens with zero attached hydrogens (tertiary/aromatic N) is 1. The minimum absolute atomic E-state index is 0.125. The normalized spacial score (nSPS) is 17.1. The van der Waals surface area contributed by atoms with Gasteiger partial charge in [-0.1, -0.05) is 18.2 Å². The van der Waals surface area contributed by atoms with Crippen molar-refractivity contribution in [3.63, 3.8) is 0 Å². The lowest BCUT2D eigenvalue weighted by Crippen LogP contribution is -2.41. The molecule has 0 aromatic heterocycles. The number of aryl methyl sites for hydroxylation is 1. The molecule has 0 unspecified atom stereocenters. The van der Waals surface area contributed by atoms with Crippen LogP contribution in [0.25, 0.3) is 0 Å². The van der Waals surface area contributed by atoms with Crippen LogP contribution in [0.1, 0.15) is 50.3 Å². The number of anilines is 1. The number of carbonyl (C=O) groups excluding carboxylic acids is 1. The van der Waals surface area contributed by atoms with Gasteiger partial charge in [0.15, 0.2) is 0 Å². The fraction of sp³-hybridized carbons (Fsp3) is 0.458. The summed E-state index contributed by atoms with van der Waals surface area (Å²) in [5.74, 6) is 1.31. The predicted molar refractivity (Wildman–Crippen MR) is 126 cm³/mol. The standard InChI is InChI=1S/C24H32N2O5S/c1-17-9-6-7-10-21(17)26(32(5,28)29)14-8-11-23(27)25-20-16-24(2,3)31-22-13-12-18(30-4)15-19(20)22/h6-7,9-10,12-13,15,20H,8,11,14,16H2,1-5H3,(H,25,27)/t20-/m1/s1. The van der Waals surface area contributed by atoms with E-state index in [0.717, 1.165) is 16.9 Å². The highest BCUT2D eigenvalue weighted by atomic mass is 32.2. The van der Waals surface area contributed by atoms with E-state index in [1.807, 2.05) is 57.2 Å². The van der Waals surface area contributed by atoms with Gasteiger partial charge in [0.1, 0.15) is 17.1 Å². The number of rotatable bonds is 8. The third-order valence-corrected chi connectivity index (χ3v) is 6.74. The molecule has 2 aromatic carbocycles. The molecule has 2 aromatic rings. The number of methoxy groups -OCH3 is 1. The van der Waals surface area contributed by atoms with Gasteiger partial charge >= 0.3 is 0 Å². The average Bonchev–Trinajstić information content (AvgIpc) is 2.70. The van der Waals surface area contributed by atoms with E-state index in [1.54, 1.807) is 13.2 Å². The van der Waals surface area contributed by atoms with Crippen molar-refractivity contribution >= 4 is 21.6 Å². The zero-order valence-electron chi connectivity index (χ0n) is 19.3. The number of benzene rings is 2. The number of amides is 1. The molecular formula is C24H32N2O5S. The monoisotopic (exact) mass is 460 g/mol. The molecular weight excluding hydrogens is 428 g/mol. The topological polar surface area (TPSA) is 84.9 Å². The Hall–Kier alpha value is -2.74. The molecule has 0 bridgehead atoms. The molecule has 1 aliphatic heterocycles. The van der Waals surface area contributed by atoms with E-state index < -0.39 is 15.6 Å². The Morgan fingerprint density at radius 3 is 2.62 bits per heavy atom. The van der Waals surface area contributed by atoms with E-state index in [1.165, 1.54) is 10.6 Å². The summed E-state index contributed by atoms with van der Waals surface area (Å²) in [7, 11) is -1.86. The van der Waals surface area contributed by atoms with E-state index in [0.29, 0.717) is 24.3 Å². The van der Waals surface area contributed by atoms with Crippen LogP contribution in [0.15, 0.2) is 42.5 Å². The molecule has 0 saturated carbocycles. The number of nitrogens with one attached hydrogen (secondary N) is 1. The summed E-state index contributed by atoms with van der Waals surface area (Å²) in [6.07, 6.45) is 2.44. The molecule has 1 heterocycles. The largest absolute Gasteiger partial charge is 0.497 e. The predicted octanol–water partition coefficient (Wildman–Crippen LogP) is 3.97. The summed E-state index contributed by atoms with van der Waals surface area (Å²) < 4.78 is 37.4. The quantitative estimate of drug-likeness (QED) is 0.644. The molecule has 174 valence electrons. The first-order valence-electron chi connectivity index (χ1n) is 10.7. The van der Waals surface area contributed by atoms with Gasteiger partial charge in [0.25, 0.3) is 0 Å².